The molecule has 0 saturated heterocycles. The highest BCUT2D eigenvalue weighted by Gasteiger charge is 2.35. The predicted molar refractivity (Wildman–Crippen MR) is 265 cm³/mol. The van der Waals surface area contributed by atoms with E-state index in [4.69, 9.17) is 36.0 Å². The summed E-state index contributed by atoms with van der Waals surface area (Å²) in [5.41, 5.74) is 5.10. The maximum absolute atomic E-state index is 14.9. The number of hydrogen-bond acceptors (Lipinski definition) is 12. The van der Waals surface area contributed by atoms with Gasteiger partial charge in [0.2, 0.25) is 0 Å². The number of fused-ring (bicyclic) bond motifs is 2. The lowest BCUT2D eigenvalue weighted by Gasteiger charge is -2.21. The van der Waals surface area contributed by atoms with E-state index in [0.29, 0.717) is 75.0 Å². The number of aromatic nitrogens is 5. The van der Waals surface area contributed by atoms with Crippen LogP contribution in [0.25, 0.3) is 32.8 Å². The second-order valence-electron chi connectivity index (χ2n) is 16.4. The minimum Gasteiger partial charge on any atom is -0.497 e. The number of ether oxygens (including phenoxy) is 3. The molecule has 69 heavy (non-hydrogen) atoms. The summed E-state index contributed by atoms with van der Waals surface area (Å²) in [5.74, 6) is 1.39. The van der Waals surface area contributed by atoms with E-state index in [1.165, 1.54) is 25.3 Å². The standard InChI is InChI=1S/C50H50ClN7O9S2/c1-31-46-43(57(22-11-23-59)49(31)50(60)66-6)21-20-40(51)48(46)47-32(2)54(3)53-41(47)28-56(69(63,64)45-15-10-9-14-42(45)58(61)62)27-35-25-36(55(4)52-35)30-68-38-24-34-12-7-8-13-39(34)44(26-38)67-29-33-16-18-37(65-5)19-17-33/h7-10,12-21,24-26,59H,11,22-23,27-30H2,1-6H3. The molecule has 0 aliphatic rings. The number of rotatable bonds is 19. The topological polar surface area (TPSA) is 186 Å². The van der Waals surface area contributed by atoms with Gasteiger partial charge in [-0.15, -0.1) is 11.8 Å². The number of aliphatic hydroxyl groups is 1. The Balaban J connectivity index is 1.15. The molecule has 1 N–H and O–H groups in total. The summed E-state index contributed by atoms with van der Waals surface area (Å²) in [5, 5.41) is 34.6. The zero-order chi connectivity index (χ0) is 49.1. The number of esters is 1. The zero-order valence-electron chi connectivity index (χ0n) is 38.8. The minimum atomic E-state index is -4.63. The van der Waals surface area contributed by atoms with Crippen molar-refractivity contribution in [3.05, 3.63) is 158 Å². The number of aliphatic hydroxyl groups excluding tert-OH is 1. The molecule has 16 nitrogen and oxygen atoms in total. The number of benzene rings is 5. The normalized spacial score (nSPS) is 11.8. The summed E-state index contributed by atoms with van der Waals surface area (Å²) in [6.45, 7) is 3.55. The van der Waals surface area contributed by atoms with Crippen LogP contribution in [0.1, 0.15) is 50.8 Å². The van der Waals surface area contributed by atoms with Crippen LogP contribution in [-0.2, 0) is 60.8 Å². The lowest BCUT2D eigenvalue weighted by Crippen LogP contribution is -2.31. The van der Waals surface area contributed by atoms with Gasteiger partial charge in [0.25, 0.3) is 15.7 Å². The van der Waals surface area contributed by atoms with Gasteiger partial charge in [-0.3, -0.25) is 19.5 Å². The molecule has 358 valence electrons. The minimum absolute atomic E-state index is 0.112. The van der Waals surface area contributed by atoms with Crippen LogP contribution in [0.3, 0.4) is 0 Å². The highest BCUT2D eigenvalue weighted by atomic mass is 35.5. The number of nitro benzene ring substituents is 1. The molecule has 0 aliphatic heterocycles. The number of thioether (sulfide) groups is 1. The van der Waals surface area contributed by atoms with Crippen LogP contribution < -0.4 is 9.47 Å². The maximum atomic E-state index is 14.9. The van der Waals surface area contributed by atoms with E-state index in [0.717, 1.165) is 48.8 Å². The van der Waals surface area contributed by atoms with E-state index in [2.05, 4.69) is 6.07 Å². The van der Waals surface area contributed by atoms with Crippen molar-refractivity contribution in [2.45, 2.75) is 62.1 Å². The lowest BCUT2D eigenvalue weighted by atomic mass is 9.96. The summed E-state index contributed by atoms with van der Waals surface area (Å²) < 4.78 is 53.0. The summed E-state index contributed by atoms with van der Waals surface area (Å²) in [6, 6.07) is 30.4. The first-order chi connectivity index (χ1) is 33.1. The molecule has 0 bridgehead atoms. The summed E-state index contributed by atoms with van der Waals surface area (Å²) >= 11 is 8.67. The molecule has 0 radical (unpaired) electrons. The van der Waals surface area contributed by atoms with Crippen LogP contribution in [0.5, 0.6) is 11.5 Å². The van der Waals surface area contributed by atoms with Gasteiger partial charge < -0.3 is 23.9 Å². The number of carbonyl (C=O) groups excluding carboxylic acids is 1. The Morgan fingerprint density at radius 3 is 2.38 bits per heavy atom. The molecule has 0 spiro atoms. The highest BCUT2D eigenvalue weighted by molar-refractivity contribution is 7.98. The Bertz CT molecular complexity index is 3350. The van der Waals surface area contributed by atoms with Gasteiger partial charge in [-0.05, 0) is 85.3 Å². The van der Waals surface area contributed by atoms with E-state index >= 15 is 0 Å². The third kappa shape index (κ3) is 9.80. The Morgan fingerprint density at radius 2 is 1.65 bits per heavy atom. The van der Waals surface area contributed by atoms with Gasteiger partial charge in [-0.1, -0.05) is 60.1 Å². The second-order valence-corrected chi connectivity index (χ2v) is 19.7. The number of nitro groups is 1. The number of methoxy groups -OCH3 is 2. The number of hydrogen-bond donors (Lipinski definition) is 1. The SMILES string of the molecule is COC(=O)c1c(C)c2c(-c3c(CN(Cc4cc(CSc5cc(OCc6ccc(OC)cc6)c6ccccc6c5)n(C)n4)S(=O)(=O)c4ccccc4[N+](=O)[O-])nn(C)c3C)c(Cl)ccc2n1CCCO. The molecule has 0 saturated carbocycles. The molecule has 0 unspecified atom stereocenters. The molecular weight excluding hydrogens is 942 g/mol. The van der Waals surface area contributed by atoms with Gasteiger partial charge in [0.05, 0.1) is 43.6 Å². The molecule has 8 rings (SSSR count). The molecule has 19 heteroatoms. The van der Waals surface area contributed by atoms with Crippen LogP contribution in [0.15, 0.2) is 113 Å². The molecule has 3 aromatic heterocycles. The first-order valence-corrected chi connectivity index (χ1v) is 24.6. The molecule has 8 aromatic rings. The van der Waals surface area contributed by atoms with E-state index in [1.807, 2.05) is 67.6 Å². The van der Waals surface area contributed by atoms with Crippen molar-refractivity contribution < 1.29 is 37.5 Å². The largest absolute Gasteiger partial charge is 0.497 e. The molecule has 3 heterocycles. The van der Waals surface area contributed by atoms with Crippen molar-refractivity contribution in [2.24, 2.45) is 14.1 Å². The van der Waals surface area contributed by atoms with E-state index in [9.17, 15) is 28.4 Å². The van der Waals surface area contributed by atoms with E-state index < -0.39 is 31.5 Å². The fourth-order valence-electron chi connectivity index (χ4n) is 8.60. The third-order valence-corrected chi connectivity index (χ3v) is 15.3. The molecule has 0 fully saturated rings. The number of nitrogens with zero attached hydrogens (tertiary/aromatic N) is 7. The average Bonchev–Trinajstić information content (AvgIpc) is 3.95. The molecule has 0 atom stereocenters. The second kappa shape index (κ2) is 20.5. The summed E-state index contributed by atoms with van der Waals surface area (Å²) in [7, 11) is 1.80. The smallest absolute Gasteiger partial charge is 0.354 e. The third-order valence-electron chi connectivity index (χ3n) is 12.1. The quantitative estimate of drug-likeness (QED) is 0.0351. The number of sulfonamides is 1. The molecule has 5 aromatic carbocycles. The number of halogens is 1. The average molecular weight is 993 g/mol. The summed E-state index contributed by atoms with van der Waals surface area (Å²) in [4.78, 5) is 25.4. The van der Waals surface area contributed by atoms with Crippen LogP contribution >= 0.6 is 23.4 Å². The van der Waals surface area contributed by atoms with Crippen molar-refractivity contribution in [3.63, 3.8) is 0 Å². The Labute approximate surface area is 408 Å². The lowest BCUT2D eigenvalue weighted by molar-refractivity contribution is -0.387. The van der Waals surface area contributed by atoms with Crippen molar-refractivity contribution in [2.75, 3.05) is 20.8 Å². The number of carbonyl (C=O) groups is 1. The predicted octanol–water partition coefficient (Wildman–Crippen LogP) is 9.55. The van der Waals surface area contributed by atoms with Crippen molar-refractivity contribution in [3.8, 4) is 22.6 Å². The maximum Gasteiger partial charge on any atom is 0.354 e. The molecule has 0 aliphatic carbocycles. The highest BCUT2D eigenvalue weighted by Crippen LogP contribution is 2.43. The first kappa shape index (κ1) is 48.7. The van der Waals surface area contributed by atoms with Gasteiger partial charge in [0.15, 0.2) is 4.90 Å². The first-order valence-electron chi connectivity index (χ1n) is 21.8. The van der Waals surface area contributed by atoms with Crippen LogP contribution in [-0.4, -0.2) is 73.7 Å². The zero-order valence-corrected chi connectivity index (χ0v) is 41.2. The number of aryl methyl sites for hydroxylation is 4. The van der Waals surface area contributed by atoms with Crippen LogP contribution in [0, 0.1) is 24.0 Å². The van der Waals surface area contributed by atoms with Gasteiger partial charge in [-0.2, -0.15) is 14.5 Å². The Morgan fingerprint density at radius 1 is 0.913 bits per heavy atom. The summed E-state index contributed by atoms with van der Waals surface area (Å²) in [6.07, 6.45) is 0.361. The fraction of sp³-hybridized carbons (Fsp3) is 0.260. The van der Waals surface area contributed by atoms with Crippen molar-refractivity contribution in [1.82, 2.24) is 28.4 Å². The van der Waals surface area contributed by atoms with Gasteiger partial charge in [0.1, 0.15) is 23.8 Å². The van der Waals surface area contributed by atoms with Gasteiger partial charge in [0, 0.05) is 87.8 Å². The molecule has 0 amide bonds. The van der Waals surface area contributed by atoms with Crippen molar-refractivity contribution in [1.29, 1.82) is 0 Å². The van der Waals surface area contributed by atoms with Gasteiger partial charge >= 0.3 is 5.97 Å². The van der Waals surface area contributed by atoms with Crippen molar-refractivity contribution >= 4 is 66.7 Å². The Hall–Kier alpha value is -6.70. The fourth-order valence-corrected chi connectivity index (χ4v) is 11.4. The number of para-hydroxylation sites is 1. The van der Waals surface area contributed by atoms with Crippen LogP contribution in [0.2, 0.25) is 5.02 Å². The monoisotopic (exact) mass is 991 g/mol. The van der Waals surface area contributed by atoms with E-state index in [1.54, 1.807) is 66.0 Å². The van der Waals surface area contributed by atoms with Crippen LogP contribution in [0.4, 0.5) is 5.69 Å². The van der Waals surface area contributed by atoms with Gasteiger partial charge in [-0.25, -0.2) is 13.2 Å². The molecular formula is C50H50ClN7O9S2. The Kier molecular flexibility index (Phi) is 14.5. The van der Waals surface area contributed by atoms with E-state index in [-0.39, 0.29) is 25.4 Å².